The Bertz CT molecular complexity index is 502. The third-order valence-electron chi connectivity index (χ3n) is 2.35. The maximum absolute atomic E-state index is 6.04. The molecule has 0 saturated heterocycles. The second kappa shape index (κ2) is 5.33. The zero-order chi connectivity index (χ0) is 12.3. The first-order valence-corrected chi connectivity index (χ1v) is 6.26. The van der Waals surface area contributed by atoms with E-state index in [0.717, 1.165) is 22.7 Å². The molecule has 90 valence electrons. The summed E-state index contributed by atoms with van der Waals surface area (Å²) in [5.74, 6) is 0.726. The number of aromatic nitrogens is 2. The average molecular weight is 270 g/mol. The van der Waals surface area contributed by atoms with Crippen LogP contribution in [0.3, 0.4) is 0 Å². The average Bonchev–Trinajstić information content (AvgIpc) is 2.83. The van der Waals surface area contributed by atoms with Crippen LogP contribution in [-0.2, 0) is 6.54 Å². The normalized spacial score (nSPS) is 10.3. The molecule has 6 heteroatoms. The molecule has 0 amide bonds. The Kier molecular flexibility index (Phi) is 3.81. The Morgan fingerprint density at radius 3 is 2.94 bits per heavy atom. The van der Waals surface area contributed by atoms with E-state index in [1.165, 1.54) is 11.5 Å². The molecular formula is C11H12ClN3OS. The van der Waals surface area contributed by atoms with Gasteiger partial charge in [0, 0.05) is 16.5 Å². The summed E-state index contributed by atoms with van der Waals surface area (Å²) in [5.41, 5.74) is 2.82. The number of hydrogen-bond acceptors (Lipinski definition) is 5. The molecule has 0 aliphatic rings. The molecule has 0 saturated carbocycles. The molecular weight excluding hydrogens is 258 g/mol. The Morgan fingerprint density at radius 1 is 1.47 bits per heavy atom. The van der Waals surface area contributed by atoms with E-state index in [4.69, 9.17) is 16.3 Å². The molecule has 0 bridgehead atoms. The molecule has 1 aromatic carbocycles. The molecule has 0 fully saturated rings. The molecule has 0 unspecified atom stereocenters. The van der Waals surface area contributed by atoms with Gasteiger partial charge in [-0.2, -0.15) is 0 Å². The number of methoxy groups -OCH3 is 1. The van der Waals surface area contributed by atoms with Crippen molar-refractivity contribution in [3.05, 3.63) is 33.8 Å². The molecule has 17 heavy (non-hydrogen) atoms. The van der Waals surface area contributed by atoms with E-state index in [9.17, 15) is 0 Å². The summed E-state index contributed by atoms with van der Waals surface area (Å²) in [6.07, 6.45) is 0. The quantitative estimate of drug-likeness (QED) is 0.926. The Hall–Kier alpha value is -1.33. The van der Waals surface area contributed by atoms with Gasteiger partial charge in [-0.1, -0.05) is 16.1 Å². The summed E-state index contributed by atoms with van der Waals surface area (Å²) >= 11 is 7.37. The Morgan fingerprint density at radius 2 is 2.29 bits per heavy atom. The molecule has 0 spiro atoms. The van der Waals surface area contributed by atoms with Crippen LogP contribution in [-0.4, -0.2) is 16.7 Å². The summed E-state index contributed by atoms with van der Waals surface area (Å²) in [6, 6.07) is 3.76. The molecule has 1 heterocycles. The molecule has 1 N–H and O–H groups in total. The number of ether oxygens (including phenoxy) is 1. The first-order chi connectivity index (χ1) is 8.20. The first-order valence-electron chi connectivity index (χ1n) is 5.04. The number of aryl methyl sites for hydroxylation is 1. The topological polar surface area (TPSA) is 47.0 Å². The molecule has 2 rings (SSSR count). The fraction of sp³-hybridized carbons (Fsp3) is 0.273. The van der Waals surface area contributed by atoms with Crippen LogP contribution in [0.15, 0.2) is 17.5 Å². The van der Waals surface area contributed by atoms with Crippen molar-refractivity contribution >= 4 is 28.8 Å². The highest BCUT2D eigenvalue weighted by molar-refractivity contribution is 7.03. The number of anilines is 1. The van der Waals surface area contributed by atoms with Crippen LogP contribution in [0.1, 0.15) is 11.3 Å². The maximum Gasteiger partial charge on any atom is 0.143 e. The summed E-state index contributed by atoms with van der Waals surface area (Å²) in [5, 5.41) is 9.82. The van der Waals surface area contributed by atoms with Gasteiger partial charge in [-0.25, -0.2) is 0 Å². The Balaban J connectivity index is 2.17. The highest BCUT2D eigenvalue weighted by Gasteiger charge is 2.07. The fourth-order valence-corrected chi connectivity index (χ4v) is 2.02. The predicted molar refractivity (Wildman–Crippen MR) is 70.0 cm³/mol. The van der Waals surface area contributed by atoms with E-state index in [-0.39, 0.29) is 0 Å². The lowest BCUT2D eigenvalue weighted by Gasteiger charge is -2.12. The van der Waals surface area contributed by atoms with Gasteiger partial charge >= 0.3 is 0 Å². The lowest BCUT2D eigenvalue weighted by molar-refractivity contribution is 0.416. The van der Waals surface area contributed by atoms with Gasteiger partial charge in [0.2, 0.25) is 0 Å². The zero-order valence-corrected chi connectivity index (χ0v) is 11.1. The van der Waals surface area contributed by atoms with Crippen molar-refractivity contribution < 1.29 is 4.74 Å². The summed E-state index contributed by atoms with van der Waals surface area (Å²) in [6.45, 7) is 2.57. The van der Waals surface area contributed by atoms with Crippen molar-refractivity contribution in [1.29, 1.82) is 0 Å². The largest absolute Gasteiger partial charge is 0.495 e. The number of nitrogens with zero attached hydrogens (tertiary/aromatic N) is 2. The smallest absolute Gasteiger partial charge is 0.143 e. The van der Waals surface area contributed by atoms with E-state index >= 15 is 0 Å². The predicted octanol–water partition coefficient (Wildman–Crippen LogP) is 3.12. The van der Waals surface area contributed by atoms with Gasteiger partial charge < -0.3 is 10.1 Å². The second-order valence-corrected chi connectivity index (χ2v) is 4.57. The van der Waals surface area contributed by atoms with E-state index in [1.54, 1.807) is 13.2 Å². The number of halogens is 1. The number of benzene rings is 1. The van der Waals surface area contributed by atoms with Gasteiger partial charge in [0.15, 0.2) is 0 Å². The van der Waals surface area contributed by atoms with Gasteiger partial charge in [-0.05, 0) is 30.1 Å². The first kappa shape index (κ1) is 12.1. The second-order valence-electron chi connectivity index (χ2n) is 3.55. The van der Waals surface area contributed by atoms with Crippen LogP contribution in [0, 0.1) is 6.92 Å². The minimum Gasteiger partial charge on any atom is -0.495 e. The highest BCUT2D eigenvalue weighted by Crippen LogP contribution is 2.31. The summed E-state index contributed by atoms with van der Waals surface area (Å²) in [4.78, 5) is 0. The molecule has 4 nitrogen and oxygen atoms in total. The summed E-state index contributed by atoms with van der Waals surface area (Å²) < 4.78 is 9.08. The highest BCUT2D eigenvalue weighted by atomic mass is 35.5. The number of hydrogen-bond donors (Lipinski definition) is 1. The third kappa shape index (κ3) is 2.87. The monoisotopic (exact) mass is 269 g/mol. The third-order valence-corrected chi connectivity index (χ3v) is 3.31. The lowest BCUT2D eigenvalue weighted by Crippen LogP contribution is -2.02. The standard InChI is InChI=1S/C11H12ClN3OS/c1-7-3-10(11(16-2)4-9(7)12)13-5-8-6-17-15-14-8/h3-4,6,13H,5H2,1-2H3. The molecule has 0 atom stereocenters. The molecule has 1 aromatic heterocycles. The van der Waals surface area contributed by atoms with Crippen molar-refractivity contribution in [3.63, 3.8) is 0 Å². The number of rotatable bonds is 4. The number of nitrogens with one attached hydrogen (secondary N) is 1. The van der Waals surface area contributed by atoms with Crippen LogP contribution < -0.4 is 10.1 Å². The lowest BCUT2D eigenvalue weighted by atomic mass is 10.2. The van der Waals surface area contributed by atoms with Crippen LogP contribution in [0.2, 0.25) is 5.02 Å². The van der Waals surface area contributed by atoms with Crippen molar-refractivity contribution in [2.24, 2.45) is 0 Å². The van der Waals surface area contributed by atoms with Crippen LogP contribution >= 0.6 is 23.1 Å². The minimum atomic E-state index is 0.619. The van der Waals surface area contributed by atoms with Crippen molar-refractivity contribution in [2.45, 2.75) is 13.5 Å². The van der Waals surface area contributed by atoms with E-state index < -0.39 is 0 Å². The fourth-order valence-electron chi connectivity index (χ4n) is 1.42. The van der Waals surface area contributed by atoms with Crippen molar-refractivity contribution in [3.8, 4) is 5.75 Å². The molecule has 0 aliphatic carbocycles. The van der Waals surface area contributed by atoms with Crippen LogP contribution in [0.25, 0.3) is 0 Å². The van der Waals surface area contributed by atoms with Gasteiger partial charge in [0.1, 0.15) is 5.75 Å². The maximum atomic E-state index is 6.04. The molecule has 0 radical (unpaired) electrons. The molecule has 0 aliphatic heterocycles. The van der Waals surface area contributed by atoms with Gasteiger partial charge in [-0.15, -0.1) is 5.10 Å². The Labute approximate surface area is 109 Å². The SMILES string of the molecule is COc1cc(Cl)c(C)cc1NCc1csnn1. The van der Waals surface area contributed by atoms with Crippen LogP contribution in [0.4, 0.5) is 5.69 Å². The van der Waals surface area contributed by atoms with E-state index in [2.05, 4.69) is 14.9 Å². The van der Waals surface area contributed by atoms with E-state index in [1.807, 2.05) is 18.4 Å². The van der Waals surface area contributed by atoms with Crippen molar-refractivity contribution in [1.82, 2.24) is 9.59 Å². The van der Waals surface area contributed by atoms with Crippen LogP contribution in [0.5, 0.6) is 5.75 Å². The van der Waals surface area contributed by atoms with Gasteiger partial charge in [0.05, 0.1) is 25.0 Å². The summed E-state index contributed by atoms with van der Waals surface area (Å²) in [7, 11) is 1.62. The van der Waals surface area contributed by atoms with E-state index in [0.29, 0.717) is 11.6 Å². The van der Waals surface area contributed by atoms with Crippen molar-refractivity contribution in [2.75, 3.05) is 12.4 Å². The zero-order valence-electron chi connectivity index (χ0n) is 9.53. The molecule has 2 aromatic rings. The minimum absolute atomic E-state index is 0.619. The van der Waals surface area contributed by atoms with Gasteiger partial charge in [0.25, 0.3) is 0 Å². The van der Waals surface area contributed by atoms with Gasteiger partial charge in [-0.3, -0.25) is 0 Å².